The smallest absolute Gasteiger partial charge is 0.326 e. The molecule has 0 saturated carbocycles. The minimum atomic E-state index is -1.16. The van der Waals surface area contributed by atoms with Crippen LogP contribution in [0.2, 0.25) is 0 Å². The number of oxazole rings is 1. The Labute approximate surface area is 219 Å². The Hall–Kier alpha value is -4.72. The predicted octanol–water partition coefficient (Wildman–Crippen LogP) is 5.24. The lowest BCUT2D eigenvalue weighted by Gasteiger charge is -2.14. The summed E-state index contributed by atoms with van der Waals surface area (Å²) < 4.78 is 24.9. The number of aryl methyl sites for hydroxylation is 1. The first-order valence-electron chi connectivity index (χ1n) is 12.1. The number of hydrogen-bond acceptors (Lipinski definition) is 5. The van der Waals surface area contributed by atoms with E-state index in [-0.39, 0.29) is 6.42 Å². The van der Waals surface area contributed by atoms with Crippen LogP contribution in [0, 0.1) is 12.7 Å². The van der Waals surface area contributed by atoms with Gasteiger partial charge in [0, 0.05) is 24.5 Å². The molecule has 7 nitrogen and oxygen atoms in total. The summed E-state index contributed by atoms with van der Waals surface area (Å²) in [5.41, 5.74) is 2.96. The number of carboxylic acid groups (broad SMARTS) is 1. The van der Waals surface area contributed by atoms with Crippen LogP contribution in [0.4, 0.5) is 4.39 Å². The Morgan fingerprint density at radius 2 is 1.84 bits per heavy atom. The molecule has 194 valence electrons. The molecular formula is C30H27FN2O5. The summed E-state index contributed by atoms with van der Waals surface area (Å²) in [6, 6.07) is 21.3. The lowest BCUT2D eigenvalue weighted by Crippen LogP contribution is -2.41. The number of ether oxygens (including phenoxy) is 1. The molecule has 0 spiro atoms. The van der Waals surface area contributed by atoms with Crippen LogP contribution in [0.3, 0.4) is 0 Å². The molecule has 4 rings (SSSR count). The maximum absolute atomic E-state index is 13.3. The summed E-state index contributed by atoms with van der Waals surface area (Å²) in [6.07, 6.45) is 3.27. The van der Waals surface area contributed by atoms with E-state index in [2.05, 4.69) is 10.3 Å². The normalized spacial score (nSPS) is 11.8. The lowest BCUT2D eigenvalue weighted by molar-refractivity contribution is -0.141. The highest BCUT2D eigenvalue weighted by molar-refractivity contribution is 5.94. The third-order valence-electron chi connectivity index (χ3n) is 5.77. The summed E-state index contributed by atoms with van der Waals surface area (Å²) in [7, 11) is 0. The van der Waals surface area contributed by atoms with Gasteiger partial charge in [-0.05, 0) is 60.5 Å². The molecule has 0 aliphatic heterocycles. The minimum Gasteiger partial charge on any atom is -0.493 e. The second-order valence-electron chi connectivity index (χ2n) is 8.62. The molecule has 0 aliphatic carbocycles. The van der Waals surface area contributed by atoms with E-state index in [1.54, 1.807) is 30.3 Å². The Kier molecular flexibility index (Phi) is 8.66. The average Bonchev–Trinajstić information content (AvgIpc) is 3.29. The predicted molar refractivity (Wildman–Crippen MR) is 141 cm³/mol. The van der Waals surface area contributed by atoms with Gasteiger partial charge in [-0.2, -0.15) is 0 Å². The number of amides is 1. The molecule has 1 atom stereocenters. The largest absolute Gasteiger partial charge is 0.493 e. The van der Waals surface area contributed by atoms with E-state index in [0.717, 1.165) is 22.6 Å². The van der Waals surface area contributed by atoms with Crippen LogP contribution in [-0.4, -0.2) is 34.6 Å². The average molecular weight is 515 g/mol. The number of hydrogen-bond donors (Lipinski definition) is 2. The standard InChI is InChI=1S/C30H27FN2O5/c1-20-26(33-29(38-20)23-7-3-2-4-8-23)16-17-37-25-13-10-22(11-14-25)19-27(30(35)36)32-28(34)15-12-21-6-5-9-24(31)18-21/h2-15,18,27H,16-17,19H2,1H3,(H,32,34)(H,35,36)/b15-12+/t27-/m0/s1. The third kappa shape index (κ3) is 7.39. The van der Waals surface area contributed by atoms with Crippen molar-refractivity contribution in [2.24, 2.45) is 0 Å². The first-order chi connectivity index (χ1) is 18.4. The van der Waals surface area contributed by atoms with Crippen molar-refractivity contribution in [3.63, 3.8) is 0 Å². The second kappa shape index (κ2) is 12.5. The van der Waals surface area contributed by atoms with E-state index >= 15 is 0 Å². The van der Waals surface area contributed by atoms with Gasteiger partial charge >= 0.3 is 5.97 Å². The molecule has 1 amide bonds. The SMILES string of the molecule is Cc1oc(-c2ccccc2)nc1CCOc1ccc(C[C@H](NC(=O)/C=C/c2cccc(F)c2)C(=O)O)cc1. The summed E-state index contributed by atoms with van der Waals surface area (Å²) in [5, 5.41) is 12.0. The van der Waals surface area contributed by atoms with Gasteiger partial charge in [0.05, 0.1) is 12.3 Å². The number of carbonyl (C=O) groups excluding carboxylic acids is 1. The van der Waals surface area contributed by atoms with Gasteiger partial charge in [-0.25, -0.2) is 14.2 Å². The number of benzene rings is 3. The number of aromatic nitrogens is 1. The van der Waals surface area contributed by atoms with Crippen molar-refractivity contribution in [3.8, 4) is 17.2 Å². The van der Waals surface area contributed by atoms with Gasteiger partial charge in [-0.3, -0.25) is 4.79 Å². The van der Waals surface area contributed by atoms with E-state index in [0.29, 0.717) is 30.2 Å². The number of halogens is 1. The van der Waals surface area contributed by atoms with Crippen molar-refractivity contribution in [1.82, 2.24) is 10.3 Å². The molecule has 0 fully saturated rings. The van der Waals surface area contributed by atoms with E-state index in [1.807, 2.05) is 37.3 Å². The third-order valence-corrected chi connectivity index (χ3v) is 5.77. The van der Waals surface area contributed by atoms with Crippen molar-refractivity contribution in [3.05, 3.63) is 113 Å². The molecule has 3 aromatic carbocycles. The first kappa shape index (κ1) is 26.3. The number of aliphatic carboxylic acids is 1. The summed E-state index contributed by atoms with van der Waals surface area (Å²) >= 11 is 0. The number of carbonyl (C=O) groups is 2. The van der Waals surface area contributed by atoms with Crippen LogP contribution < -0.4 is 10.1 Å². The van der Waals surface area contributed by atoms with E-state index in [4.69, 9.17) is 9.15 Å². The number of rotatable bonds is 11. The number of nitrogens with one attached hydrogen (secondary N) is 1. The van der Waals surface area contributed by atoms with Gasteiger partial charge < -0.3 is 19.6 Å². The number of carboxylic acids is 1. The van der Waals surface area contributed by atoms with Crippen molar-refractivity contribution in [1.29, 1.82) is 0 Å². The lowest BCUT2D eigenvalue weighted by atomic mass is 10.1. The maximum atomic E-state index is 13.3. The molecule has 38 heavy (non-hydrogen) atoms. The highest BCUT2D eigenvalue weighted by Crippen LogP contribution is 2.22. The Bertz CT molecular complexity index is 1410. The van der Waals surface area contributed by atoms with Crippen LogP contribution in [0.5, 0.6) is 5.75 Å². The van der Waals surface area contributed by atoms with Gasteiger partial charge in [0.2, 0.25) is 11.8 Å². The summed E-state index contributed by atoms with van der Waals surface area (Å²) in [6.45, 7) is 2.27. The Balaban J connectivity index is 1.28. The Morgan fingerprint density at radius 3 is 2.55 bits per heavy atom. The molecule has 0 saturated heterocycles. The molecule has 2 N–H and O–H groups in total. The van der Waals surface area contributed by atoms with Gasteiger partial charge in [0.1, 0.15) is 23.4 Å². The van der Waals surface area contributed by atoms with Crippen molar-refractivity contribution < 1.29 is 28.2 Å². The molecule has 0 radical (unpaired) electrons. The molecule has 0 bridgehead atoms. The molecular weight excluding hydrogens is 487 g/mol. The molecule has 0 aliphatic rings. The zero-order valence-electron chi connectivity index (χ0n) is 20.8. The van der Waals surface area contributed by atoms with Crippen LogP contribution in [0.15, 0.2) is 89.4 Å². The second-order valence-corrected chi connectivity index (χ2v) is 8.62. The fourth-order valence-electron chi connectivity index (χ4n) is 3.79. The van der Waals surface area contributed by atoms with Crippen molar-refractivity contribution in [2.45, 2.75) is 25.8 Å². The van der Waals surface area contributed by atoms with E-state index in [1.165, 1.54) is 30.4 Å². The summed E-state index contributed by atoms with van der Waals surface area (Å²) in [5.74, 6) is -0.209. The van der Waals surface area contributed by atoms with Crippen LogP contribution in [0.25, 0.3) is 17.5 Å². The molecule has 8 heteroatoms. The van der Waals surface area contributed by atoms with Gasteiger partial charge in [-0.15, -0.1) is 0 Å². The zero-order valence-corrected chi connectivity index (χ0v) is 20.8. The summed E-state index contributed by atoms with van der Waals surface area (Å²) in [4.78, 5) is 28.5. The molecule has 0 unspecified atom stereocenters. The molecule has 1 heterocycles. The van der Waals surface area contributed by atoms with E-state index < -0.39 is 23.7 Å². The zero-order chi connectivity index (χ0) is 26.9. The highest BCUT2D eigenvalue weighted by atomic mass is 19.1. The topological polar surface area (TPSA) is 102 Å². The van der Waals surface area contributed by atoms with Crippen LogP contribution >= 0.6 is 0 Å². The fraction of sp³-hybridized carbons (Fsp3) is 0.167. The number of nitrogens with zero attached hydrogens (tertiary/aromatic N) is 1. The van der Waals surface area contributed by atoms with Crippen molar-refractivity contribution in [2.75, 3.05) is 6.61 Å². The molecule has 1 aromatic heterocycles. The molecule has 4 aromatic rings. The van der Waals surface area contributed by atoms with E-state index in [9.17, 15) is 19.1 Å². The fourth-order valence-corrected chi connectivity index (χ4v) is 3.79. The van der Waals surface area contributed by atoms with Gasteiger partial charge in [-0.1, -0.05) is 42.5 Å². The monoisotopic (exact) mass is 514 g/mol. The quantitative estimate of drug-likeness (QED) is 0.266. The maximum Gasteiger partial charge on any atom is 0.326 e. The van der Waals surface area contributed by atoms with Gasteiger partial charge in [0.25, 0.3) is 0 Å². The van der Waals surface area contributed by atoms with Crippen LogP contribution in [-0.2, 0) is 22.4 Å². The van der Waals surface area contributed by atoms with Gasteiger partial charge in [0.15, 0.2) is 0 Å². The van der Waals surface area contributed by atoms with Crippen molar-refractivity contribution >= 4 is 18.0 Å². The van der Waals surface area contributed by atoms with Crippen LogP contribution in [0.1, 0.15) is 22.6 Å². The highest BCUT2D eigenvalue weighted by Gasteiger charge is 2.19. The minimum absolute atomic E-state index is 0.0928. The Morgan fingerprint density at radius 1 is 1.08 bits per heavy atom. The first-order valence-corrected chi connectivity index (χ1v) is 12.1.